The van der Waals surface area contributed by atoms with E-state index >= 15 is 0 Å². The zero-order chi connectivity index (χ0) is 26.3. The average molecular weight is 537 g/mol. The molecule has 0 bridgehead atoms. The van der Waals surface area contributed by atoms with Crippen LogP contribution in [-0.2, 0) is 32.9 Å². The molecular weight excluding hydrogens is 504 g/mol. The molecule has 0 spiro atoms. The summed E-state index contributed by atoms with van der Waals surface area (Å²) in [5.41, 5.74) is 1.25. The SMILES string of the molecule is CC(C)C[C@H](NS(=O)(=O)NCc1ccccc1)C(=O)N1CCC[C@H]1C(=O)NCc1cc(Cl)ccc1O. The average Bonchev–Trinajstić information content (AvgIpc) is 3.32. The number of likely N-dealkylation sites (tertiary alicyclic amines) is 1. The topological polar surface area (TPSA) is 128 Å². The number of halogens is 1. The van der Waals surface area contributed by atoms with Crippen LogP contribution in [0.4, 0.5) is 0 Å². The van der Waals surface area contributed by atoms with Crippen molar-refractivity contribution in [2.45, 2.75) is 58.3 Å². The van der Waals surface area contributed by atoms with E-state index in [1.807, 2.05) is 32.0 Å². The van der Waals surface area contributed by atoms with Gasteiger partial charge in [0.1, 0.15) is 17.8 Å². The minimum absolute atomic E-state index is 0.00783. The van der Waals surface area contributed by atoms with Crippen LogP contribution < -0.4 is 14.8 Å². The third-order valence-corrected chi connectivity index (χ3v) is 7.30. The van der Waals surface area contributed by atoms with Gasteiger partial charge in [-0.25, -0.2) is 0 Å². The van der Waals surface area contributed by atoms with Crippen molar-refractivity contribution < 1.29 is 23.1 Å². The Morgan fingerprint density at radius 1 is 1.14 bits per heavy atom. The molecule has 2 amide bonds. The second-order valence-corrected chi connectivity index (χ2v) is 11.3. The molecule has 196 valence electrons. The lowest BCUT2D eigenvalue weighted by atomic mass is 10.0. The molecule has 2 aromatic rings. The molecule has 0 aliphatic carbocycles. The van der Waals surface area contributed by atoms with Crippen molar-refractivity contribution >= 4 is 33.6 Å². The Labute approximate surface area is 217 Å². The summed E-state index contributed by atoms with van der Waals surface area (Å²) in [6, 6.07) is 11.9. The molecule has 11 heteroatoms. The van der Waals surface area contributed by atoms with Crippen LogP contribution in [0, 0.1) is 5.92 Å². The largest absolute Gasteiger partial charge is 0.508 e. The maximum absolute atomic E-state index is 13.5. The fourth-order valence-corrected chi connectivity index (χ4v) is 5.38. The van der Waals surface area contributed by atoms with Crippen molar-refractivity contribution in [2.75, 3.05) is 6.54 Å². The molecule has 0 unspecified atom stereocenters. The van der Waals surface area contributed by atoms with Crippen molar-refractivity contribution in [1.29, 1.82) is 0 Å². The highest BCUT2D eigenvalue weighted by Crippen LogP contribution is 2.23. The van der Waals surface area contributed by atoms with E-state index in [4.69, 9.17) is 11.6 Å². The van der Waals surface area contributed by atoms with Gasteiger partial charge in [-0.2, -0.15) is 17.9 Å². The predicted octanol–water partition coefficient (Wildman–Crippen LogP) is 2.69. The predicted molar refractivity (Wildman–Crippen MR) is 138 cm³/mol. The number of hydrogen-bond acceptors (Lipinski definition) is 5. The molecule has 0 radical (unpaired) electrons. The number of carbonyl (C=O) groups is 2. The van der Waals surface area contributed by atoms with E-state index in [1.54, 1.807) is 24.3 Å². The monoisotopic (exact) mass is 536 g/mol. The summed E-state index contributed by atoms with van der Waals surface area (Å²) in [7, 11) is -3.98. The van der Waals surface area contributed by atoms with Gasteiger partial charge in [0, 0.05) is 30.2 Å². The van der Waals surface area contributed by atoms with Crippen LogP contribution in [0.2, 0.25) is 5.02 Å². The Hall–Kier alpha value is -2.66. The fourth-order valence-electron chi connectivity index (χ4n) is 4.17. The molecule has 4 N–H and O–H groups in total. The summed E-state index contributed by atoms with van der Waals surface area (Å²) in [6.07, 6.45) is 1.37. The number of amides is 2. The van der Waals surface area contributed by atoms with Gasteiger partial charge in [0.15, 0.2) is 0 Å². The molecule has 1 fully saturated rings. The summed E-state index contributed by atoms with van der Waals surface area (Å²) in [6.45, 7) is 4.29. The van der Waals surface area contributed by atoms with Crippen molar-refractivity contribution in [2.24, 2.45) is 5.92 Å². The third-order valence-electron chi connectivity index (χ3n) is 5.94. The highest BCUT2D eigenvalue weighted by Gasteiger charge is 2.38. The van der Waals surface area contributed by atoms with E-state index in [1.165, 1.54) is 11.0 Å². The van der Waals surface area contributed by atoms with Gasteiger partial charge < -0.3 is 15.3 Å². The number of aromatic hydroxyl groups is 1. The minimum atomic E-state index is -3.98. The molecule has 1 saturated heterocycles. The normalized spacial score (nSPS) is 16.8. The van der Waals surface area contributed by atoms with Crippen molar-refractivity contribution in [3.05, 3.63) is 64.7 Å². The first-order chi connectivity index (χ1) is 17.1. The standard InChI is InChI=1S/C25H33ClN4O5S/c1-17(2)13-21(29-36(34,35)28-15-18-7-4-3-5-8-18)25(33)30-12-6-9-22(30)24(32)27-16-19-14-20(26)10-11-23(19)31/h3-5,7-8,10-11,14,17,21-22,28-29,31H,6,9,12-13,15-16H2,1-2H3,(H,27,32)/t21-,22-/m0/s1. The van der Waals surface area contributed by atoms with E-state index in [9.17, 15) is 23.1 Å². The molecule has 3 rings (SSSR count). The zero-order valence-corrected chi connectivity index (χ0v) is 22.0. The van der Waals surface area contributed by atoms with Gasteiger partial charge in [-0.15, -0.1) is 0 Å². The lowest BCUT2D eigenvalue weighted by molar-refractivity contribution is -0.140. The number of nitrogens with zero attached hydrogens (tertiary/aromatic N) is 1. The summed E-state index contributed by atoms with van der Waals surface area (Å²) < 4.78 is 30.5. The van der Waals surface area contributed by atoms with E-state index in [0.29, 0.717) is 30.0 Å². The number of carbonyl (C=O) groups excluding carboxylic acids is 2. The quantitative estimate of drug-likeness (QED) is 0.351. The van der Waals surface area contributed by atoms with E-state index in [-0.39, 0.29) is 37.1 Å². The van der Waals surface area contributed by atoms with Crippen LogP contribution in [0.15, 0.2) is 48.5 Å². The Morgan fingerprint density at radius 2 is 1.86 bits per heavy atom. The van der Waals surface area contributed by atoms with Crippen LogP contribution in [0.25, 0.3) is 0 Å². The molecule has 2 atom stereocenters. The number of hydrogen-bond donors (Lipinski definition) is 4. The van der Waals surface area contributed by atoms with Gasteiger partial charge in [-0.1, -0.05) is 55.8 Å². The first-order valence-corrected chi connectivity index (χ1v) is 13.8. The molecule has 0 saturated carbocycles. The van der Waals surface area contributed by atoms with Crippen molar-refractivity contribution in [3.63, 3.8) is 0 Å². The second-order valence-electron chi connectivity index (χ2n) is 9.29. The molecule has 1 aliphatic heterocycles. The van der Waals surface area contributed by atoms with Crippen molar-refractivity contribution in [3.8, 4) is 5.75 Å². The number of rotatable bonds is 11. The van der Waals surface area contributed by atoms with E-state index < -0.39 is 28.2 Å². The third kappa shape index (κ3) is 7.92. The lowest BCUT2D eigenvalue weighted by Crippen LogP contribution is -2.55. The van der Waals surface area contributed by atoms with Crippen molar-refractivity contribution in [1.82, 2.24) is 19.7 Å². The van der Waals surface area contributed by atoms with Gasteiger partial charge in [-0.3, -0.25) is 9.59 Å². The van der Waals surface area contributed by atoms with Gasteiger partial charge in [0.25, 0.3) is 10.2 Å². The molecule has 1 aliphatic rings. The Morgan fingerprint density at radius 3 is 2.56 bits per heavy atom. The van der Waals surface area contributed by atoms with Crippen LogP contribution in [0.5, 0.6) is 5.75 Å². The van der Waals surface area contributed by atoms with Gasteiger partial charge in [-0.05, 0) is 48.9 Å². The molecular formula is C25H33ClN4O5S. The minimum Gasteiger partial charge on any atom is -0.508 e. The molecule has 2 aromatic carbocycles. The number of benzene rings is 2. The maximum Gasteiger partial charge on any atom is 0.277 e. The first-order valence-electron chi connectivity index (χ1n) is 11.9. The zero-order valence-electron chi connectivity index (χ0n) is 20.4. The van der Waals surface area contributed by atoms with E-state index in [0.717, 1.165) is 5.56 Å². The molecule has 0 aromatic heterocycles. The van der Waals surface area contributed by atoms with Crippen LogP contribution in [-0.4, -0.2) is 48.9 Å². The van der Waals surface area contributed by atoms with Gasteiger partial charge in [0.05, 0.1) is 0 Å². The summed E-state index contributed by atoms with van der Waals surface area (Å²) in [5.74, 6) is -0.754. The smallest absolute Gasteiger partial charge is 0.277 e. The van der Waals surface area contributed by atoms with Crippen LogP contribution in [0.3, 0.4) is 0 Å². The fraction of sp³-hybridized carbons (Fsp3) is 0.440. The summed E-state index contributed by atoms with van der Waals surface area (Å²) in [4.78, 5) is 27.8. The Balaban J connectivity index is 1.66. The number of nitrogens with one attached hydrogen (secondary N) is 3. The molecule has 36 heavy (non-hydrogen) atoms. The van der Waals surface area contributed by atoms with E-state index in [2.05, 4.69) is 14.8 Å². The Kier molecular flexibility index (Phi) is 9.72. The van der Waals surface area contributed by atoms with Crippen LogP contribution in [0.1, 0.15) is 44.2 Å². The highest BCUT2D eigenvalue weighted by atomic mass is 35.5. The highest BCUT2D eigenvalue weighted by molar-refractivity contribution is 7.87. The maximum atomic E-state index is 13.5. The number of phenolic OH excluding ortho intramolecular Hbond substituents is 1. The van der Waals surface area contributed by atoms with Gasteiger partial charge >= 0.3 is 0 Å². The lowest BCUT2D eigenvalue weighted by Gasteiger charge is -2.29. The second kappa shape index (κ2) is 12.5. The molecule has 9 nitrogen and oxygen atoms in total. The summed E-state index contributed by atoms with van der Waals surface area (Å²) in [5, 5.41) is 13.2. The van der Waals surface area contributed by atoms with Crippen LogP contribution >= 0.6 is 11.6 Å². The Bertz CT molecular complexity index is 1160. The number of phenols is 1. The first kappa shape index (κ1) is 27.9. The summed E-state index contributed by atoms with van der Waals surface area (Å²) >= 11 is 5.97. The van der Waals surface area contributed by atoms with Gasteiger partial charge in [0.2, 0.25) is 11.8 Å². The molecule has 1 heterocycles.